The summed E-state index contributed by atoms with van der Waals surface area (Å²) in [6.07, 6.45) is 1.77. The van der Waals surface area contributed by atoms with Gasteiger partial charge in [-0.2, -0.15) is 5.10 Å². The van der Waals surface area contributed by atoms with Gasteiger partial charge in [-0.1, -0.05) is 36.4 Å². The maximum atomic E-state index is 12.7. The second-order valence-electron chi connectivity index (χ2n) is 6.25. The van der Waals surface area contributed by atoms with Gasteiger partial charge < -0.3 is 9.52 Å². The standard InChI is InChI=1S/C22H14N2O3S/c25-20-15-9-4-5-10-17(15)27-22(21(20)26)16-13-24(14-7-2-1-3-8-14)23-19(16)18-11-6-12-28-18/h1-13,26H. The normalized spacial score (nSPS) is 11.1. The first-order chi connectivity index (χ1) is 13.7. The smallest absolute Gasteiger partial charge is 0.235 e. The minimum absolute atomic E-state index is 0.120. The zero-order valence-corrected chi connectivity index (χ0v) is 15.4. The number of fused-ring (bicyclic) bond motifs is 1. The van der Waals surface area contributed by atoms with Crippen LogP contribution in [0.2, 0.25) is 0 Å². The third kappa shape index (κ3) is 2.62. The Balaban J connectivity index is 1.80. The van der Waals surface area contributed by atoms with Crippen molar-refractivity contribution in [1.82, 2.24) is 9.78 Å². The maximum absolute atomic E-state index is 12.7. The molecule has 2 aromatic carbocycles. The fourth-order valence-electron chi connectivity index (χ4n) is 3.16. The van der Waals surface area contributed by atoms with Crippen LogP contribution in [0.1, 0.15) is 0 Å². The molecule has 5 aromatic rings. The van der Waals surface area contributed by atoms with Gasteiger partial charge in [0.2, 0.25) is 11.2 Å². The van der Waals surface area contributed by atoms with Gasteiger partial charge in [0.25, 0.3) is 0 Å². The van der Waals surface area contributed by atoms with Crippen molar-refractivity contribution in [3.8, 4) is 33.3 Å². The van der Waals surface area contributed by atoms with Gasteiger partial charge >= 0.3 is 0 Å². The summed E-state index contributed by atoms with van der Waals surface area (Å²) in [7, 11) is 0. The van der Waals surface area contributed by atoms with E-state index in [1.807, 2.05) is 47.8 Å². The van der Waals surface area contributed by atoms with E-state index in [-0.39, 0.29) is 5.76 Å². The molecule has 0 fully saturated rings. The highest BCUT2D eigenvalue weighted by Crippen LogP contribution is 2.38. The summed E-state index contributed by atoms with van der Waals surface area (Å²) in [5.41, 5.74) is 2.04. The van der Waals surface area contributed by atoms with Crippen LogP contribution in [0.4, 0.5) is 0 Å². The average molecular weight is 386 g/mol. The molecule has 0 atom stereocenters. The summed E-state index contributed by atoms with van der Waals surface area (Å²) in [5, 5.41) is 17.6. The monoisotopic (exact) mass is 386 g/mol. The Bertz CT molecular complexity index is 1340. The predicted molar refractivity (Wildman–Crippen MR) is 110 cm³/mol. The molecular weight excluding hydrogens is 372 g/mol. The molecule has 0 bridgehead atoms. The van der Waals surface area contributed by atoms with Crippen LogP contribution in [-0.2, 0) is 0 Å². The van der Waals surface area contributed by atoms with E-state index in [1.165, 1.54) is 11.3 Å². The number of benzene rings is 2. The van der Waals surface area contributed by atoms with Gasteiger partial charge in [-0.3, -0.25) is 4.79 Å². The summed E-state index contributed by atoms with van der Waals surface area (Å²) >= 11 is 1.53. The van der Waals surface area contributed by atoms with Crippen molar-refractivity contribution in [3.05, 3.63) is 88.5 Å². The lowest BCUT2D eigenvalue weighted by Gasteiger charge is -2.05. The average Bonchev–Trinajstić information content (AvgIpc) is 3.41. The highest BCUT2D eigenvalue weighted by atomic mass is 32.1. The molecule has 28 heavy (non-hydrogen) atoms. The fraction of sp³-hybridized carbons (Fsp3) is 0. The molecule has 0 unspecified atom stereocenters. The number of thiophene rings is 1. The Morgan fingerprint density at radius 2 is 1.75 bits per heavy atom. The van der Waals surface area contributed by atoms with Crippen LogP contribution in [0.25, 0.3) is 38.6 Å². The lowest BCUT2D eigenvalue weighted by molar-refractivity contribution is 0.449. The summed E-state index contributed by atoms with van der Waals surface area (Å²) in [6.45, 7) is 0. The Hall–Kier alpha value is -3.64. The zero-order chi connectivity index (χ0) is 19.1. The highest BCUT2D eigenvalue weighted by molar-refractivity contribution is 7.13. The number of hydrogen-bond acceptors (Lipinski definition) is 5. The van der Waals surface area contributed by atoms with E-state index < -0.39 is 11.2 Å². The van der Waals surface area contributed by atoms with Crippen molar-refractivity contribution in [1.29, 1.82) is 0 Å². The quantitative estimate of drug-likeness (QED) is 0.469. The van der Waals surface area contributed by atoms with Gasteiger partial charge in [0.05, 0.1) is 21.5 Å². The van der Waals surface area contributed by atoms with Crippen molar-refractivity contribution < 1.29 is 9.52 Å². The lowest BCUT2D eigenvalue weighted by atomic mass is 10.1. The van der Waals surface area contributed by atoms with E-state index >= 15 is 0 Å². The number of aromatic nitrogens is 2. The molecule has 0 aliphatic heterocycles. The van der Waals surface area contributed by atoms with Crippen molar-refractivity contribution in [2.24, 2.45) is 0 Å². The lowest BCUT2D eigenvalue weighted by Crippen LogP contribution is -2.02. The van der Waals surface area contributed by atoms with E-state index in [0.717, 1.165) is 10.6 Å². The molecule has 5 rings (SSSR count). The molecule has 0 saturated carbocycles. The van der Waals surface area contributed by atoms with Crippen LogP contribution >= 0.6 is 11.3 Å². The van der Waals surface area contributed by atoms with Gasteiger partial charge in [0.1, 0.15) is 11.3 Å². The number of hydrogen-bond donors (Lipinski definition) is 1. The first kappa shape index (κ1) is 16.5. The molecule has 3 heterocycles. The van der Waals surface area contributed by atoms with E-state index in [4.69, 9.17) is 9.52 Å². The molecule has 0 saturated heterocycles. The van der Waals surface area contributed by atoms with Crippen LogP contribution in [0, 0.1) is 0 Å². The van der Waals surface area contributed by atoms with Gasteiger partial charge in [-0.25, -0.2) is 4.68 Å². The van der Waals surface area contributed by atoms with Crippen LogP contribution in [-0.4, -0.2) is 14.9 Å². The molecule has 136 valence electrons. The van der Waals surface area contributed by atoms with Crippen LogP contribution in [0.15, 0.2) is 87.5 Å². The second-order valence-corrected chi connectivity index (χ2v) is 7.20. The molecule has 1 N–H and O–H groups in total. The largest absolute Gasteiger partial charge is 0.502 e. The number of nitrogens with zero attached hydrogens (tertiary/aromatic N) is 2. The Labute approximate surface area is 163 Å². The second kappa shape index (κ2) is 6.51. The van der Waals surface area contributed by atoms with E-state index in [2.05, 4.69) is 0 Å². The van der Waals surface area contributed by atoms with Gasteiger partial charge in [0, 0.05) is 6.20 Å². The van der Waals surface area contributed by atoms with E-state index in [9.17, 15) is 9.90 Å². The van der Waals surface area contributed by atoms with Crippen molar-refractivity contribution in [3.63, 3.8) is 0 Å². The molecule has 6 heteroatoms. The summed E-state index contributed by atoms with van der Waals surface area (Å²) in [5.74, 6) is -0.293. The molecule has 0 aliphatic carbocycles. The van der Waals surface area contributed by atoms with Crippen molar-refractivity contribution in [2.45, 2.75) is 0 Å². The number of para-hydroxylation sites is 2. The Morgan fingerprint density at radius 1 is 0.964 bits per heavy atom. The van der Waals surface area contributed by atoms with Crippen LogP contribution < -0.4 is 5.43 Å². The molecule has 0 amide bonds. The predicted octanol–water partition coefficient (Wildman–Crippen LogP) is 5.08. The SMILES string of the molecule is O=c1c(O)c(-c2cn(-c3ccccc3)nc2-c2cccs2)oc2ccccc12. The summed E-state index contributed by atoms with van der Waals surface area (Å²) in [6, 6.07) is 20.4. The summed E-state index contributed by atoms with van der Waals surface area (Å²) in [4.78, 5) is 13.6. The Kier molecular flexibility index (Phi) is 3.84. The molecule has 5 nitrogen and oxygen atoms in total. The van der Waals surface area contributed by atoms with Crippen LogP contribution in [0.5, 0.6) is 5.75 Å². The number of aromatic hydroxyl groups is 1. The number of rotatable bonds is 3. The van der Waals surface area contributed by atoms with Gasteiger partial charge in [-0.15, -0.1) is 11.3 Å². The van der Waals surface area contributed by atoms with Gasteiger partial charge in [-0.05, 0) is 35.7 Å². The molecule has 0 radical (unpaired) electrons. The molecular formula is C22H14N2O3S. The minimum Gasteiger partial charge on any atom is -0.502 e. The van der Waals surface area contributed by atoms with Crippen molar-refractivity contribution in [2.75, 3.05) is 0 Å². The zero-order valence-electron chi connectivity index (χ0n) is 14.6. The van der Waals surface area contributed by atoms with Crippen LogP contribution in [0.3, 0.4) is 0 Å². The molecule has 3 aromatic heterocycles. The van der Waals surface area contributed by atoms with Crippen molar-refractivity contribution >= 4 is 22.3 Å². The fourth-order valence-corrected chi connectivity index (χ4v) is 3.89. The molecule has 0 aliphatic rings. The summed E-state index contributed by atoms with van der Waals surface area (Å²) < 4.78 is 7.67. The van der Waals surface area contributed by atoms with E-state index in [0.29, 0.717) is 22.2 Å². The first-order valence-electron chi connectivity index (χ1n) is 8.66. The molecule has 0 spiro atoms. The first-order valence-corrected chi connectivity index (χ1v) is 9.54. The Morgan fingerprint density at radius 3 is 2.54 bits per heavy atom. The third-order valence-electron chi connectivity index (χ3n) is 4.51. The highest BCUT2D eigenvalue weighted by Gasteiger charge is 2.22. The third-order valence-corrected chi connectivity index (χ3v) is 5.38. The van der Waals surface area contributed by atoms with Gasteiger partial charge in [0.15, 0.2) is 5.76 Å². The van der Waals surface area contributed by atoms with E-state index in [1.54, 1.807) is 35.1 Å². The maximum Gasteiger partial charge on any atom is 0.235 e. The topological polar surface area (TPSA) is 68.3 Å². The minimum atomic E-state index is -0.457.